The highest BCUT2D eigenvalue weighted by molar-refractivity contribution is 5.40. The number of ether oxygens (including phenoxy) is 1. The van der Waals surface area contributed by atoms with Crippen LogP contribution in [0.3, 0.4) is 0 Å². The van der Waals surface area contributed by atoms with Gasteiger partial charge in [-0.2, -0.15) is 0 Å². The highest BCUT2D eigenvalue weighted by atomic mass is 16.5. The molecule has 0 aliphatic carbocycles. The number of aromatic nitrogens is 1. The van der Waals surface area contributed by atoms with Crippen molar-refractivity contribution < 1.29 is 4.74 Å². The van der Waals surface area contributed by atoms with Crippen molar-refractivity contribution in [3.05, 3.63) is 60.3 Å². The number of morpholine rings is 1. The lowest BCUT2D eigenvalue weighted by molar-refractivity contribution is -0.0499. The van der Waals surface area contributed by atoms with Gasteiger partial charge in [0.1, 0.15) is 5.82 Å². The normalized spacial score (nSPS) is 25.2. The fourth-order valence-electron chi connectivity index (χ4n) is 3.50. The summed E-state index contributed by atoms with van der Waals surface area (Å²) in [4.78, 5) is 9.39. The van der Waals surface area contributed by atoms with Crippen molar-refractivity contribution in [2.45, 2.75) is 18.7 Å². The number of hydrogen-bond acceptors (Lipinski definition) is 4. The van der Waals surface area contributed by atoms with Gasteiger partial charge in [0.2, 0.25) is 0 Å². The third-order valence-corrected chi connectivity index (χ3v) is 4.62. The minimum Gasteiger partial charge on any atom is -0.373 e. The van der Waals surface area contributed by atoms with Crippen molar-refractivity contribution in [1.82, 2.24) is 9.88 Å². The quantitative estimate of drug-likeness (QED) is 0.868. The lowest BCUT2D eigenvalue weighted by Gasteiger charge is -2.36. The first-order valence-corrected chi connectivity index (χ1v) is 7.96. The predicted octanol–water partition coefficient (Wildman–Crippen LogP) is 2.17. The monoisotopic (exact) mass is 295 g/mol. The SMILES string of the molecule is c1ccc(CN2CCOC3CN(c4ccccn4)CC32)cc1. The zero-order valence-electron chi connectivity index (χ0n) is 12.6. The Morgan fingerprint density at radius 1 is 1.05 bits per heavy atom. The fraction of sp³-hybridized carbons (Fsp3) is 0.389. The molecule has 3 heterocycles. The summed E-state index contributed by atoms with van der Waals surface area (Å²) in [6.07, 6.45) is 2.15. The van der Waals surface area contributed by atoms with Gasteiger partial charge in [0, 0.05) is 32.4 Å². The predicted molar refractivity (Wildman–Crippen MR) is 86.8 cm³/mol. The minimum absolute atomic E-state index is 0.291. The first-order chi connectivity index (χ1) is 10.9. The van der Waals surface area contributed by atoms with E-state index in [1.54, 1.807) is 0 Å². The van der Waals surface area contributed by atoms with E-state index >= 15 is 0 Å². The molecule has 1 aromatic heterocycles. The zero-order chi connectivity index (χ0) is 14.8. The van der Waals surface area contributed by atoms with E-state index in [0.717, 1.165) is 38.6 Å². The number of anilines is 1. The molecule has 114 valence electrons. The Morgan fingerprint density at radius 2 is 1.91 bits per heavy atom. The van der Waals surface area contributed by atoms with Crippen LogP contribution < -0.4 is 4.90 Å². The average Bonchev–Trinajstić information content (AvgIpc) is 3.02. The summed E-state index contributed by atoms with van der Waals surface area (Å²) < 4.78 is 6.01. The fourth-order valence-corrected chi connectivity index (χ4v) is 3.50. The van der Waals surface area contributed by atoms with Gasteiger partial charge in [0.25, 0.3) is 0 Å². The molecule has 0 saturated carbocycles. The van der Waals surface area contributed by atoms with Crippen LogP contribution in [0.2, 0.25) is 0 Å². The van der Waals surface area contributed by atoms with Crippen molar-refractivity contribution in [2.24, 2.45) is 0 Å². The highest BCUT2D eigenvalue weighted by Crippen LogP contribution is 2.27. The van der Waals surface area contributed by atoms with Crippen LogP contribution in [-0.2, 0) is 11.3 Å². The Kier molecular flexibility index (Phi) is 3.79. The van der Waals surface area contributed by atoms with Crippen molar-refractivity contribution in [3.8, 4) is 0 Å². The van der Waals surface area contributed by atoms with Gasteiger partial charge in [-0.3, -0.25) is 4.90 Å². The minimum atomic E-state index is 0.291. The summed E-state index contributed by atoms with van der Waals surface area (Å²) in [6, 6.07) is 17.3. The van der Waals surface area contributed by atoms with Gasteiger partial charge in [0.05, 0.1) is 18.8 Å². The van der Waals surface area contributed by atoms with Crippen molar-refractivity contribution >= 4 is 5.82 Å². The summed E-state index contributed by atoms with van der Waals surface area (Å²) >= 11 is 0. The molecular weight excluding hydrogens is 274 g/mol. The zero-order valence-corrected chi connectivity index (χ0v) is 12.6. The van der Waals surface area contributed by atoms with Crippen LogP contribution >= 0.6 is 0 Å². The number of fused-ring (bicyclic) bond motifs is 1. The maximum Gasteiger partial charge on any atom is 0.128 e. The maximum absolute atomic E-state index is 6.01. The Hall–Kier alpha value is -1.91. The van der Waals surface area contributed by atoms with Crippen LogP contribution in [0.4, 0.5) is 5.82 Å². The second-order valence-electron chi connectivity index (χ2n) is 6.03. The largest absolute Gasteiger partial charge is 0.373 e. The molecule has 2 aliphatic heterocycles. The molecule has 4 heteroatoms. The number of benzene rings is 1. The van der Waals surface area contributed by atoms with E-state index in [1.165, 1.54) is 5.56 Å². The van der Waals surface area contributed by atoms with Gasteiger partial charge in [-0.15, -0.1) is 0 Å². The molecule has 2 fully saturated rings. The van der Waals surface area contributed by atoms with Gasteiger partial charge >= 0.3 is 0 Å². The lowest BCUT2D eigenvalue weighted by atomic mass is 10.1. The molecule has 22 heavy (non-hydrogen) atoms. The van der Waals surface area contributed by atoms with E-state index in [4.69, 9.17) is 4.74 Å². The van der Waals surface area contributed by atoms with Crippen LogP contribution in [0.1, 0.15) is 5.56 Å². The third kappa shape index (κ3) is 2.72. The second kappa shape index (κ2) is 6.07. The summed E-state index contributed by atoms with van der Waals surface area (Å²) in [6.45, 7) is 4.76. The standard InChI is InChI=1S/C18H21N3O/c1-2-6-15(7-3-1)12-20-10-11-22-17-14-21(13-16(17)20)18-8-4-5-9-19-18/h1-9,16-17H,10-14H2. The molecule has 2 unspecified atom stereocenters. The van der Waals surface area contributed by atoms with Crippen LogP contribution in [0.25, 0.3) is 0 Å². The molecule has 4 rings (SSSR count). The molecule has 0 radical (unpaired) electrons. The average molecular weight is 295 g/mol. The molecule has 2 aromatic rings. The molecule has 2 atom stereocenters. The Bertz CT molecular complexity index is 604. The molecule has 0 spiro atoms. The molecule has 0 bridgehead atoms. The molecule has 0 N–H and O–H groups in total. The van der Waals surface area contributed by atoms with Gasteiger partial charge in [-0.25, -0.2) is 4.98 Å². The van der Waals surface area contributed by atoms with E-state index in [-0.39, 0.29) is 0 Å². The topological polar surface area (TPSA) is 28.6 Å². The van der Waals surface area contributed by atoms with Gasteiger partial charge in [0.15, 0.2) is 0 Å². The van der Waals surface area contributed by atoms with E-state index in [2.05, 4.69) is 51.2 Å². The third-order valence-electron chi connectivity index (χ3n) is 4.62. The van der Waals surface area contributed by atoms with E-state index < -0.39 is 0 Å². The first-order valence-electron chi connectivity index (χ1n) is 7.96. The van der Waals surface area contributed by atoms with Crippen molar-refractivity contribution in [2.75, 3.05) is 31.1 Å². The van der Waals surface area contributed by atoms with E-state index in [1.807, 2.05) is 18.3 Å². The summed E-state index contributed by atoms with van der Waals surface area (Å²) in [7, 11) is 0. The van der Waals surface area contributed by atoms with Crippen LogP contribution in [0, 0.1) is 0 Å². The highest BCUT2D eigenvalue weighted by Gasteiger charge is 2.40. The molecule has 2 aliphatic rings. The molecule has 4 nitrogen and oxygen atoms in total. The van der Waals surface area contributed by atoms with Gasteiger partial charge in [-0.05, 0) is 17.7 Å². The van der Waals surface area contributed by atoms with Gasteiger partial charge in [-0.1, -0.05) is 36.4 Å². The maximum atomic E-state index is 6.01. The number of rotatable bonds is 3. The van der Waals surface area contributed by atoms with Crippen molar-refractivity contribution in [1.29, 1.82) is 0 Å². The smallest absolute Gasteiger partial charge is 0.128 e. The summed E-state index contributed by atoms with van der Waals surface area (Å²) in [5.41, 5.74) is 1.37. The Labute approximate surface area is 131 Å². The summed E-state index contributed by atoms with van der Waals surface area (Å²) in [5, 5.41) is 0. The van der Waals surface area contributed by atoms with Crippen molar-refractivity contribution in [3.63, 3.8) is 0 Å². The number of hydrogen-bond donors (Lipinski definition) is 0. The van der Waals surface area contributed by atoms with E-state index in [0.29, 0.717) is 12.1 Å². The van der Waals surface area contributed by atoms with E-state index in [9.17, 15) is 0 Å². The lowest BCUT2D eigenvalue weighted by Crippen LogP contribution is -2.50. The molecular formula is C18H21N3O. The first kappa shape index (κ1) is 13.7. The van der Waals surface area contributed by atoms with Crippen LogP contribution in [0.15, 0.2) is 54.7 Å². The Balaban J connectivity index is 1.49. The summed E-state index contributed by atoms with van der Waals surface area (Å²) in [5.74, 6) is 1.06. The van der Waals surface area contributed by atoms with Crippen LogP contribution in [0.5, 0.6) is 0 Å². The number of pyridine rings is 1. The molecule has 1 aromatic carbocycles. The van der Waals surface area contributed by atoms with Gasteiger partial charge < -0.3 is 9.64 Å². The molecule has 0 amide bonds. The Morgan fingerprint density at radius 3 is 2.73 bits per heavy atom. The molecule has 2 saturated heterocycles. The van der Waals surface area contributed by atoms with Crippen LogP contribution in [-0.4, -0.2) is 48.3 Å². The second-order valence-corrected chi connectivity index (χ2v) is 6.03. The number of nitrogens with zero attached hydrogens (tertiary/aromatic N) is 3.